The number of aromatic nitrogens is 5. The molecule has 0 bridgehead atoms. The third-order valence-electron chi connectivity index (χ3n) is 7.55. The summed E-state index contributed by atoms with van der Waals surface area (Å²) in [5, 5.41) is 0. The van der Waals surface area contributed by atoms with Crippen LogP contribution in [0.3, 0.4) is 0 Å². The lowest BCUT2D eigenvalue weighted by atomic mass is 9.83. The Bertz CT molecular complexity index is 1340. The Morgan fingerprint density at radius 2 is 1.73 bits per heavy atom. The number of rotatable bonds is 2. The van der Waals surface area contributed by atoms with E-state index in [1.807, 2.05) is 18.5 Å². The fraction of sp³-hybridized carbons (Fsp3) is 0.385. The first-order valence-corrected chi connectivity index (χ1v) is 11.9. The molecule has 0 N–H and O–H groups in total. The van der Waals surface area contributed by atoms with Gasteiger partial charge in [-0.3, -0.25) is 0 Å². The standard InChI is InChI=1S/C26H26N6O/c1-2-5-20-18(4-1)9-11-26(20)10-3-6-23-29-22-8-7-21(30-24(22)32(23)26)19-16-27-25(28-17-19)31-12-14-33-15-13-31/h1-2,4-5,7-8,16-17H,3,6,9-15H2. The predicted octanol–water partition coefficient (Wildman–Crippen LogP) is 3.75. The molecule has 0 radical (unpaired) electrons. The summed E-state index contributed by atoms with van der Waals surface area (Å²) >= 11 is 0. The summed E-state index contributed by atoms with van der Waals surface area (Å²) < 4.78 is 7.90. The molecule has 3 aromatic heterocycles. The number of benzene rings is 1. The van der Waals surface area contributed by atoms with E-state index in [2.05, 4.69) is 49.8 Å². The monoisotopic (exact) mass is 438 g/mol. The largest absolute Gasteiger partial charge is 0.378 e. The number of fused-ring (bicyclic) bond motifs is 6. The number of morpholine rings is 1. The van der Waals surface area contributed by atoms with E-state index >= 15 is 0 Å². The first kappa shape index (κ1) is 19.2. The number of hydrogen-bond donors (Lipinski definition) is 0. The van der Waals surface area contributed by atoms with Crippen molar-refractivity contribution in [2.45, 2.75) is 37.6 Å². The molecule has 1 fully saturated rings. The molecule has 33 heavy (non-hydrogen) atoms. The summed E-state index contributed by atoms with van der Waals surface area (Å²) in [4.78, 5) is 21.6. The lowest BCUT2D eigenvalue weighted by molar-refractivity contribution is 0.122. The molecule has 2 aliphatic heterocycles. The Balaban J connectivity index is 1.32. The lowest BCUT2D eigenvalue weighted by Crippen LogP contribution is -2.37. The van der Waals surface area contributed by atoms with Crippen LogP contribution < -0.4 is 4.90 Å². The van der Waals surface area contributed by atoms with Crippen LogP contribution in [0, 0.1) is 0 Å². The van der Waals surface area contributed by atoms with Crippen molar-refractivity contribution in [3.8, 4) is 11.3 Å². The summed E-state index contributed by atoms with van der Waals surface area (Å²) in [5.41, 5.74) is 6.68. The number of pyridine rings is 1. The van der Waals surface area contributed by atoms with E-state index < -0.39 is 0 Å². The fourth-order valence-corrected chi connectivity index (χ4v) is 5.97. The minimum absolute atomic E-state index is 0.0265. The average Bonchev–Trinajstić information content (AvgIpc) is 3.44. The Morgan fingerprint density at radius 1 is 0.879 bits per heavy atom. The van der Waals surface area contributed by atoms with Gasteiger partial charge in [0.05, 0.1) is 24.4 Å². The van der Waals surface area contributed by atoms with Gasteiger partial charge in [0, 0.05) is 37.5 Å². The van der Waals surface area contributed by atoms with Crippen LogP contribution >= 0.6 is 0 Å². The highest BCUT2D eigenvalue weighted by Crippen LogP contribution is 2.48. The zero-order chi connectivity index (χ0) is 21.8. The Kier molecular flexibility index (Phi) is 4.27. The van der Waals surface area contributed by atoms with E-state index in [4.69, 9.17) is 14.7 Å². The van der Waals surface area contributed by atoms with Crippen molar-refractivity contribution in [1.29, 1.82) is 0 Å². The number of ether oxygens (including phenoxy) is 1. The molecule has 7 rings (SSSR count). The summed E-state index contributed by atoms with van der Waals surface area (Å²) in [5.74, 6) is 1.92. The van der Waals surface area contributed by atoms with Crippen molar-refractivity contribution in [1.82, 2.24) is 24.5 Å². The highest BCUT2D eigenvalue weighted by Gasteiger charge is 2.44. The highest BCUT2D eigenvalue weighted by molar-refractivity contribution is 5.77. The van der Waals surface area contributed by atoms with Gasteiger partial charge in [0.15, 0.2) is 5.65 Å². The first-order valence-electron chi connectivity index (χ1n) is 11.9. The molecular weight excluding hydrogens is 412 g/mol. The molecule has 3 aliphatic rings. The summed E-state index contributed by atoms with van der Waals surface area (Å²) in [6.45, 7) is 3.10. The molecule has 7 heteroatoms. The van der Waals surface area contributed by atoms with E-state index in [-0.39, 0.29) is 5.54 Å². The molecule has 5 heterocycles. The quantitative estimate of drug-likeness (QED) is 0.475. The van der Waals surface area contributed by atoms with Gasteiger partial charge in [0.1, 0.15) is 11.3 Å². The second-order valence-electron chi connectivity index (χ2n) is 9.32. The Labute approximate surface area is 192 Å². The molecule has 1 aliphatic carbocycles. The molecule has 7 nitrogen and oxygen atoms in total. The highest BCUT2D eigenvalue weighted by atomic mass is 16.5. The van der Waals surface area contributed by atoms with E-state index in [1.165, 1.54) is 17.5 Å². The van der Waals surface area contributed by atoms with Crippen LogP contribution in [0.25, 0.3) is 22.4 Å². The van der Waals surface area contributed by atoms with Crippen LogP contribution in [-0.2, 0) is 23.1 Å². The summed E-state index contributed by atoms with van der Waals surface area (Å²) in [6.07, 6.45) is 9.33. The summed E-state index contributed by atoms with van der Waals surface area (Å²) in [7, 11) is 0. The minimum atomic E-state index is -0.0265. The average molecular weight is 439 g/mol. The molecule has 1 spiro atoms. The van der Waals surface area contributed by atoms with Crippen molar-refractivity contribution in [3.63, 3.8) is 0 Å². The van der Waals surface area contributed by atoms with Gasteiger partial charge in [0.2, 0.25) is 5.95 Å². The minimum Gasteiger partial charge on any atom is -0.378 e. The van der Waals surface area contributed by atoms with Crippen molar-refractivity contribution < 1.29 is 4.74 Å². The first-order chi connectivity index (χ1) is 16.3. The van der Waals surface area contributed by atoms with Gasteiger partial charge >= 0.3 is 0 Å². The van der Waals surface area contributed by atoms with Crippen molar-refractivity contribution >= 4 is 17.1 Å². The van der Waals surface area contributed by atoms with Crippen molar-refractivity contribution in [3.05, 3.63) is 65.7 Å². The molecule has 1 aromatic carbocycles. The molecular formula is C26H26N6O. The maximum Gasteiger partial charge on any atom is 0.225 e. The zero-order valence-electron chi connectivity index (χ0n) is 18.6. The van der Waals surface area contributed by atoms with Crippen molar-refractivity contribution in [2.75, 3.05) is 31.2 Å². The van der Waals surface area contributed by atoms with Gasteiger partial charge in [-0.15, -0.1) is 0 Å². The Morgan fingerprint density at radius 3 is 2.61 bits per heavy atom. The summed E-state index contributed by atoms with van der Waals surface area (Å²) in [6, 6.07) is 13.1. The number of anilines is 1. The predicted molar refractivity (Wildman–Crippen MR) is 126 cm³/mol. The molecule has 0 saturated carbocycles. The van der Waals surface area contributed by atoms with Crippen LogP contribution in [0.5, 0.6) is 0 Å². The second kappa shape index (κ2) is 7.35. The van der Waals surface area contributed by atoms with Crippen LogP contribution in [0.4, 0.5) is 5.95 Å². The molecule has 1 saturated heterocycles. The number of imidazole rings is 1. The topological polar surface area (TPSA) is 69.0 Å². The SMILES string of the molecule is c1ccc2c(c1)CCC21CCCc2nc3ccc(-c4cnc(N5CCOCC5)nc4)nc3n21. The zero-order valence-corrected chi connectivity index (χ0v) is 18.6. The van der Waals surface area contributed by atoms with Gasteiger partial charge < -0.3 is 14.2 Å². The molecule has 1 atom stereocenters. The normalized spacial score (nSPS) is 22.0. The van der Waals surface area contributed by atoms with Crippen LogP contribution in [-0.4, -0.2) is 50.8 Å². The fourth-order valence-electron chi connectivity index (χ4n) is 5.97. The number of nitrogens with zero attached hydrogens (tertiary/aromatic N) is 6. The third kappa shape index (κ3) is 2.92. The maximum absolute atomic E-state index is 5.44. The number of aryl methyl sites for hydroxylation is 2. The van der Waals surface area contributed by atoms with Crippen LogP contribution in [0.1, 0.15) is 36.2 Å². The third-order valence-corrected chi connectivity index (χ3v) is 7.55. The van der Waals surface area contributed by atoms with Gasteiger partial charge in [-0.25, -0.2) is 19.9 Å². The smallest absolute Gasteiger partial charge is 0.225 e. The second-order valence-corrected chi connectivity index (χ2v) is 9.32. The molecule has 1 unspecified atom stereocenters. The van der Waals surface area contributed by atoms with E-state index in [9.17, 15) is 0 Å². The van der Waals surface area contributed by atoms with Gasteiger partial charge in [-0.2, -0.15) is 0 Å². The van der Waals surface area contributed by atoms with E-state index in [0.29, 0.717) is 0 Å². The van der Waals surface area contributed by atoms with Crippen LogP contribution in [0.2, 0.25) is 0 Å². The lowest BCUT2D eigenvalue weighted by Gasteiger charge is -2.37. The van der Waals surface area contributed by atoms with Crippen LogP contribution in [0.15, 0.2) is 48.8 Å². The molecule has 4 aromatic rings. The Hall–Kier alpha value is -3.32. The van der Waals surface area contributed by atoms with Crippen molar-refractivity contribution in [2.24, 2.45) is 0 Å². The van der Waals surface area contributed by atoms with Gasteiger partial charge in [-0.1, -0.05) is 24.3 Å². The van der Waals surface area contributed by atoms with E-state index in [0.717, 1.165) is 86.2 Å². The van der Waals surface area contributed by atoms with E-state index in [1.54, 1.807) is 0 Å². The molecule has 0 amide bonds. The van der Waals surface area contributed by atoms with Gasteiger partial charge in [-0.05, 0) is 48.9 Å². The van der Waals surface area contributed by atoms with Gasteiger partial charge in [0.25, 0.3) is 0 Å². The maximum atomic E-state index is 5.44. The number of hydrogen-bond acceptors (Lipinski definition) is 6. The molecule has 166 valence electrons.